The number of rotatable bonds is 58. The normalized spacial score (nSPS) is 14.2. The van der Waals surface area contributed by atoms with Crippen LogP contribution in [-0.4, -0.2) is 70.0 Å². The van der Waals surface area contributed by atoms with Gasteiger partial charge < -0.3 is 27.9 Å². The molecule has 0 rings (SSSR count). The van der Waals surface area contributed by atoms with Gasteiger partial charge in [0, 0.05) is 12.8 Å². The van der Waals surface area contributed by atoms with E-state index in [0.717, 1.165) is 96.3 Å². The Bertz CT molecular complexity index is 1890. The highest BCUT2D eigenvalue weighted by Gasteiger charge is 2.21. The van der Waals surface area contributed by atoms with E-state index in [1.54, 1.807) is 0 Å². The molecule has 9 nitrogen and oxygen atoms in total. The Kier molecular flexibility index (Phi) is 58.4. The molecule has 2 unspecified atom stereocenters. The highest BCUT2D eigenvalue weighted by atomic mass is 31.2. The van der Waals surface area contributed by atoms with Crippen LogP contribution in [0.2, 0.25) is 0 Å². The van der Waals surface area contributed by atoms with Gasteiger partial charge in [-0.3, -0.25) is 14.2 Å². The van der Waals surface area contributed by atoms with Crippen LogP contribution in [0.15, 0.2) is 146 Å². The number of phosphoric acid groups is 1. The van der Waals surface area contributed by atoms with Crippen molar-refractivity contribution < 1.29 is 42.1 Å². The summed E-state index contributed by atoms with van der Waals surface area (Å²) >= 11 is 0. The topological polar surface area (TPSA) is 111 Å². The molecule has 0 amide bonds. The summed E-state index contributed by atoms with van der Waals surface area (Å²) in [5.41, 5.74) is 0. The van der Waals surface area contributed by atoms with Gasteiger partial charge in [0.2, 0.25) is 0 Å². The van der Waals surface area contributed by atoms with Crippen molar-refractivity contribution in [2.45, 2.75) is 251 Å². The summed E-state index contributed by atoms with van der Waals surface area (Å²) in [5, 5.41) is 0. The third-order valence-corrected chi connectivity index (χ3v) is 14.3. The molecule has 0 saturated carbocycles. The predicted molar refractivity (Wildman–Crippen MR) is 350 cm³/mol. The second-order valence-corrected chi connectivity index (χ2v) is 23.8. The van der Waals surface area contributed by atoms with Gasteiger partial charge >= 0.3 is 11.9 Å². The van der Waals surface area contributed by atoms with Crippen molar-refractivity contribution in [1.29, 1.82) is 0 Å². The van der Waals surface area contributed by atoms with Crippen LogP contribution in [0.25, 0.3) is 0 Å². The fourth-order valence-electron chi connectivity index (χ4n) is 8.45. The zero-order valence-electron chi connectivity index (χ0n) is 52.9. The highest BCUT2D eigenvalue weighted by Crippen LogP contribution is 2.38. The molecule has 0 saturated heterocycles. The van der Waals surface area contributed by atoms with Crippen LogP contribution in [0.3, 0.4) is 0 Å². The molecule has 0 aliphatic rings. The van der Waals surface area contributed by atoms with Gasteiger partial charge in [0.15, 0.2) is 6.10 Å². The number of nitrogens with zero attached hydrogens (tertiary/aromatic N) is 1. The molecule has 0 radical (unpaired) electrons. The van der Waals surface area contributed by atoms with Gasteiger partial charge in [0.1, 0.15) is 19.8 Å². The number of carbonyl (C=O) groups excluding carboxylic acids is 2. The summed E-state index contributed by atoms with van der Waals surface area (Å²) in [4.78, 5) is 37.9. The predicted octanol–water partition coefficient (Wildman–Crippen LogP) is 20.4. The first-order valence-electron chi connectivity index (χ1n) is 32.5. The Morgan fingerprint density at radius 1 is 0.378 bits per heavy atom. The van der Waals surface area contributed by atoms with Crippen molar-refractivity contribution in [3.63, 3.8) is 0 Å². The summed E-state index contributed by atoms with van der Waals surface area (Å²) in [6.07, 6.45) is 90.9. The smallest absolute Gasteiger partial charge is 0.306 e. The maximum absolute atomic E-state index is 12.8. The summed E-state index contributed by atoms with van der Waals surface area (Å²) in [6.45, 7) is 3.92. The van der Waals surface area contributed by atoms with Gasteiger partial charge in [0.05, 0.1) is 27.7 Å². The van der Waals surface area contributed by atoms with Crippen LogP contribution in [0.1, 0.15) is 245 Å². The minimum atomic E-state index is -4.66. The average Bonchev–Trinajstić information content (AvgIpc) is 3.46. The summed E-state index contributed by atoms with van der Waals surface area (Å²) in [5.74, 6) is -0.934. The van der Waals surface area contributed by atoms with Crippen molar-refractivity contribution in [2.24, 2.45) is 0 Å². The Labute approximate surface area is 503 Å². The molecule has 0 aromatic carbocycles. The molecule has 466 valence electrons. The number of unbranched alkanes of at least 4 members (excludes halogenated alkanes) is 20. The van der Waals surface area contributed by atoms with Crippen molar-refractivity contribution in [1.82, 2.24) is 0 Å². The number of quaternary nitrogens is 1. The average molecular weight is 1160 g/mol. The Morgan fingerprint density at radius 2 is 0.683 bits per heavy atom. The number of esters is 2. The molecule has 0 aromatic rings. The molecule has 0 N–H and O–H groups in total. The monoisotopic (exact) mass is 1160 g/mol. The van der Waals surface area contributed by atoms with Crippen molar-refractivity contribution in [2.75, 3.05) is 47.5 Å². The van der Waals surface area contributed by atoms with Crippen molar-refractivity contribution in [3.8, 4) is 0 Å². The third kappa shape index (κ3) is 65.0. The first-order chi connectivity index (χ1) is 40.0. The van der Waals surface area contributed by atoms with Gasteiger partial charge in [-0.2, -0.15) is 0 Å². The number of hydrogen-bond acceptors (Lipinski definition) is 8. The van der Waals surface area contributed by atoms with E-state index in [2.05, 4.69) is 148 Å². The fourth-order valence-corrected chi connectivity index (χ4v) is 9.18. The van der Waals surface area contributed by atoms with E-state index >= 15 is 0 Å². The maximum Gasteiger partial charge on any atom is 0.306 e. The molecule has 0 aliphatic heterocycles. The van der Waals surface area contributed by atoms with E-state index in [1.165, 1.54) is 109 Å². The lowest BCUT2D eigenvalue weighted by Crippen LogP contribution is -2.37. The van der Waals surface area contributed by atoms with Gasteiger partial charge in [-0.25, -0.2) is 0 Å². The standard InChI is InChI=1S/C72H120NO8P/c1-6-8-10-12-14-16-18-20-22-24-26-27-28-29-30-31-32-33-34-35-36-37-38-39-40-41-42-43-44-45-47-49-51-53-55-57-59-61-63-65-72(75)81-70(69-80-82(76,77)79-67-66-73(3,4)5)68-78-71(74)64-62-60-58-56-54-52-50-48-46-25-23-21-19-17-15-13-11-9-7-2/h8-11,14-17,20-23,26-27,29-30,32-33,46,48,52,54,58,60,70H,6-7,12-13,18-19,24-25,28,31,34-45,47,49-51,53,55-57,59,61-69H2,1-5H3/b10-8-,11-9-,16-14-,17-15-,22-20-,23-21-,27-26-,30-29-,33-32-,48-46-,54-52-,60-58-. The second kappa shape index (κ2) is 61.5. The summed E-state index contributed by atoms with van der Waals surface area (Å²) in [7, 11) is 1.12. The molecule has 0 spiro atoms. The molecule has 0 fully saturated rings. The fraction of sp³-hybridized carbons (Fsp3) is 0.639. The molecule has 0 aromatic heterocycles. The van der Waals surface area contributed by atoms with Crippen LogP contribution in [0.4, 0.5) is 0 Å². The zero-order chi connectivity index (χ0) is 59.8. The molecule has 0 aliphatic carbocycles. The SMILES string of the molecule is CC/C=C\C/C=C\C/C=C\C/C=C\C/C=C\C/C=C\CCCCCCCCCCCCCCCCCCCCCCC(=O)OC(COC(=O)CC/C=C\C/C=C\C/C=C\C/C=C\C/C=C\C/C=C\CC)COP(=O)([O-])OCC[N+](C)(C)C. The number of carbonyl (C=O) groups is 2. The molecule has 2 atom stereocenters. The molecule has 10 heteroatoms. The van der Waals surface area contributed by atoms with E-state index in [9.17, 15) is 19.0 Å². The van der Waals surface area contributed by atoms with Gasteiger partial charge in [-0.1, -0.05) is 275 Å². The van der Waals surface area contributed by atoms with Gasteiger partial charge in [-0.15, -0.1) is 0 Å². The Balaban J connectivity index is 4.06. The van der Waals surface area contributed by atoms with Crippen LogP contribution in [0, 0.1) is 0 Å². The third-order valence-electron chi connectivity index (χ3n) is 13.4. The lowest BCUT2D eigenvalue weighted by Gasteiger charge is -2.28. The van der Waals surface area contributed by atoms with E-state index in [1.807, 2.05) is 33.3 Å². The van der Waals surface area contributed by atoms with Crippen molar-refractivity contribution >= 4 is 19.8 Å². The highest BCUT2D eigenvalue weighted by molar-refractivity contribution is 7.45. The number of hydrogen-bond donors (Lipinski definition) is 0. The number of ether oxygens (including phenoxy) is 2. The van der Waals surface area contributed by atoms with Crippen LogP contribution in [0.5, 0.6) is 0 Å². The Hall–Kier alpha value is -4.11. The molecule has 82 heavy (non-hydrogen) atoms. The second-order valence-electron chi connectivity index (χ2n) is 22.4. The van der Waals surface area contributed by atoms with Crippen molar-refractivity contribution in [3.05, 3.63) is 146 Å². The van der Waals surface area contributed by atoms with E-state index in [0.29, 0.717) is 23.9 Å². The summed E-state index contributed by atoms with van der Waals surface area (Å²) < 4.78 is 34.1. The summed E-state index contributed by atoms with van der Waals surface area (Å²) in [6, 6.07) is 0. The number of likely N-dealkylation sites (N-methyl/N-ethyl adjacent to an activating group) is 1. The first kappa shape index (κ1) is 77.9. The zero-order valence-corrected chi connectivity index (χ0v) is 53.8. The minimum Gasteiger partial charge on any atom is -0.756 e. The van der Waals surface area contributed by atoms with E-state index < -0.39 is 32.5 Å². The van der Waals surface area contributed by atoms with E-state index in [4.69, 9.17) is 18.5 Å². The first-order valence-corrected chi connectivity index (χ1v) is 34.0. The van der Waals surface area contributed by atoms with E-state index in [-0.39, 0.29) is 26.1 Å². The van der Waals surface area contributed by atoms with Crippen LogP contribution < -0.4 is 4.89 Å². The number of allylic oxidation sites excluding steroid dienone is 24. The quantitative estimate of drug-likeness (QED) is 0.0195. The molecular weight excluding hydrogens is 1040 g/mol. The van der Waals surface area contributed by atoms with Crippen LogP contribution in [-0.2, 0) is 32.7 Å². The van der Waals surface area contributed by atoms with Gasteiger partial charge in [0.25, 0.3) is 7.82 Å². The largest absolute Gasteiger partial charge is 0.756 e. The lowest BCUT2D eigenvalue weighted by atomic mass is 10.0. The maximum atomic E-state index is 12.8. The lowest BCUT2D eigenvalue weighted by molar-refractivity contribution is -0.870. The minimum absolute atomic E-state index is 0.0477. The van der Waals surface area contributed by atoms with Gasteiger partial charge in [-0.05, 0) is 103 Å². The Morgan fingerprint density at radius 3 is 1.02 bits per heavy atom. The number of phosphoric ester groups is 1. The van der Waals surface area contributed by atoms with Crippen LogP contribution >= 0.6 is 7.82 Å². The molecule has 0 bridgehead atoms. The molecular formula is C72H120NO8P. The molecule has 0 heterocycles.